The van der Waals surface area contributed by atoms with E-state index in [4.69, 9.17) is 0 Å². The molecule has 2 aliphatic heterocycles. The number of hydrogen-bond donors (Lipinski definition) is 1. The molecule has 202 valence electrons. The fourth-order valence-corrected chi connectivity index (χ4v) is 5.10. The zero-order valence-electron chi connectivity index (χ0n) is 20.5. The number of carbonyl (C=O) groups is 1. The van der Waals surface area contributed by atoms with Crippen molar-refractivity contribution in [1.29, 1.82) is 0 Å². The Morgan fingerprint density at radius 2 is 1.82 bits per heavy atom. The van der Waals surface area contributed by atoms with Crippen molar-refractivity contribution in [3.05, 3.63) is 52.8 Å². The molecule has 2 atom stereocenters. The third-order valence-corrected chi connectivity index (χ3v) is 7.07. The minimum Gasteiger partial charge on any atom is -0.366 e. The highest BCUT2D eigenvalue weighted by Crippen LogP contribution is 2.40. The average molecular weight is 538 g/mol. The van der Waals surface area contributed by atoms with Gasteiger partial charge in [-0.15, -0.1) is 5.10 Å². The predicted octanol–water partition coefficient (Wildman–Crippen LogP) is 5.35. The number of pyridine rings is 1. The predicted molar refractivity (Wildman–Crippen MR) is 128 cm³/mol. The van der Waals surface area contributed by atoms with Crippen LogP contribution < -0.4 is 10.2 Å². The lowest BCUT2D eigenvalue weighted by atomic mass is 10.0. The first kappa shape index (κ1) is 26.0. The second-order valence-corrected chi connectivity index (χ2v) is 9.60. The highest BCUT2D eigenvalue weighted by molar-refractivity contribution is 5.93. The average Bonchev–Trinajstić information content (AvgIpc) is 3.24. The van der Waals surface area contributed by atoms with Crippen LogP contribution in [0.15, 0.2) is 30.3 Å². The van der Waals surface area contributed by atoms with Gasteiger partial charge in [-0.3, -0.25) is 4.79 Å². The van der Waals surface area contributed by atoms with Gasteiger partial charge < -0.3 is 15.1 Å². The molecule has 1 aromatic carbocycles. The number of alkyl halides is 6. The van der Waals surface area contributed by atoms with E-state index in [9.17, 15) is 31.1 Å². The van der Waals surface area contributed by atoms with Gasteiger partial charge in [-0.25, -0.2) is 4.98 Å². The summed E-state index contributed by atoms with van der Waals surface area (Å²) < 4.78 is 82.1. The van der Waals surface area contributed by atoms with Crippen LogP contribution in [0.25, 0.3) is 10.9 Å². The van der Waals surface area contributed by atoms with Gasteiger partial charge in [-0.2, -0.15) is 31.4 Å². The Morgan fingerprint density at radius 3 is 2.53 bits per heavy atom. The fourth-order valence-electron chi connectivity index (χ4n) is 5.10. The van der Waals surface area contributed by atoms with Crippen LogP contribution in [0.3, 0.4) is 0 Å². The quantitative estimate of drug-likeness (QED) is 0.452. The van der Waals surface area contributed by atoms with Gasteiger partial charge in [0.05, 0.1) is 28.5 Å². The van der Waals surface area contributed by atoms with Crippen molar-refractivity contribution in [2.24, 2.45) is 0 Å². The molecule has 0 radical (unpaired) electrons. The number of nitrogens with one attached hydrogen (secondary N) is 1. The van der Waals surface area contributed by atoms with Gasteiger partial charge in [-0.1, -0.05) is 12.1 Å². The number of carbonyl (C=O) groups excluding carboxylic acids is 1. The number of fused-ring (bicyclic) bond motifs is 2. The fraction of sp³-hybridized carbons (Fsp3) is 0.440. The Labute approximate surface area is 213 Å². The number of hydrogen-bond acceptors (Lipinski definition) is 6. The van der Waals surface area contributed by atoms with Gasteiger partial charge in [0.15, 0.2) is 11.5 Å². The Balaban J connectivity index is 1.55. The third kappa shape index (κ3) is 4.81. The molecule has 0 spiro atoms. The zero-order valence-corrected chi connectivity index (χ0v) is 20.5. The summed E-state index contributed by atoms with van der Waals surface area (Å²) in [5.74, 6) is 0.107. The van der Waals surface area contributed by atoms with Crippen LogP contribution >= 0.6 is 0 Å². The molecule has 0 saturated carbocycles. The van der Waals surface area contributed by atoms with E-state index in [1.807, 2.05) is 0 Å². The molecule has 2 fully saturated rings. The molecule has 0 unspecified atom stereocenters. The van der Waals surface area contributed by atoms with E-state index in [1.165, 1.54) is 25.1 Å². The number of rotatable bonds is 4. The van der Waals surface area contributed by atoms with Crippen molar-refractivity contribution in [1.82, 2.24) is 20.1 Å². The number of aromatic nitrogens is 3. The smallest absolute Gasteiger partial charge is 0.366 e. The molecule has 2 aromatic heterocycles. The van der Waals surface area contributed by atoms with Crippen LogP contribution in [-0.2, 0) is 17.1 Å². The Kier molecular flexibility index (Phi) is 6.35. The summed E-state index contributed by atoms with van der Waals surface area (Å²) >= 11 is 0. The topological polar surface area (TPSA) is 74.2 Å². The van der Waals surface area contributed by atoms with Crippen LogP contribution in [0.4, 0.5) is 37.8 Å². The second-order valence-electron chi connectivity index (χ2n) is 9.60. The molecule has 38 heavy (non-hydrogen) atoms. The van der Waals surface area contributed by atoms with Gasteiger partial charge in [0.25, 0.3) is 0 Å². The van der Waals surface area contributed by atoms with Crippen molar-refractivity contribution in [2.45, 2.75) is 51.1 Å². The summed E-state index contributed by atoms with van der Waals surface area (Å²) in [5.41, 5.74) is -1.52. The summed E-state index contributed by atoms with van der Waals surface area (Å²) in [5, 5.41) is 11.3. The van der Waals surface area contributed by atoms with E-state index in [0.717, 1.165) is 12.1 Å². The lowest BCUT2D eigenvalue weighted by Crippen LogP contribution is -2.52. The number of aryl methyl sites for hydroxylation is 1. The molecular weight excluding hydrogens is 514 g/mol. The minimum atomic E-state index is -4.75. The standard InChI is InChI=1S/C25H24F6N6O/c1-13(15-4-3-5-16(10-15)24(26,27)28)32-23-18-11-19(36-8-9-37-17(12-36)6-7-20(37)38)22(25(29,30)31)33-21(18)14(2)34-35-23/h3-5,10-11,13,17H,6-9,12H2,1-2H3,(H,32,35)/t13-,17-/m1/s1. The van der Waals surface area contributed by atoms with Crippen molar-refractivity contribution in [3.8, 4) is 0 Å². The van der Waals surface area contributed by atoms with Gasteiger partial charge in [-0.05, 0) is 44.0 Å². The van der Waals surface area contributed by atoms with Crippen molar-refractivity contribution in [3.63, 3.8) is 0 Å². The summed E-state index contributed by atoms with van der Waals surface area (Å²) in [6, 6.07) is 5.29. The lowest BCUT2D eigenvalue weighted by Gasteiger charge is -2.39. The molecule has 3 aromatic rings. The normalized spacial score (nSPS) is 19.2. The molecule has 0 aliphatic carbocycles. The maximum Gasteiger partial charge on any atom is 0.435 e. The molecule has 1 amide bonds. The van der Waals surface area contributed by atoms with E-state index in [1.54, 1.807) is 16.7 Å². The van der Waals surface area contributed by atoms with Crippen LogP contribution in [0.5, 0.6) is 0 Å². The Hall–Kier alpha value is -3.64. The van der Waals surface area contributed by atoms with Gasteiger partial charge in [0, 0.05) is 37.5 Å². The molecule has 2 aliphatic rings. The number of anilines is 2. The minimum absolute atomic E-state index is 0.00305. The first-order valence-electron chi connectivity index (χ1n) is 12.1. The third-order valence-electron chi connectivity index (χ3n) is 7.07. The van der Waals surface area contributed by atoms with Crippen molar-refractivity contribution < 1.29 is 31.1 Å². The largest absolute Gasteiger partial charge is 0.435 e. The summed E-state index contributed by atoms with van der Waals surface area (Å²) in [6.07, 6.45) is -8.33. The van der Waals surface area contributed by atoms with E-state index in [-0.39, 0.29) is 53.1 Å². The first-order valence-corrected chi connectivity index (χ1v) is 12.1. The number of piperazine rings is 1. The molecule has 5 rings (SSSR count). The lowest BCUT2D eigenvalue weighted by molar-refractivity contribution is -0.140. The molecule has 0 bridgehead atoms. The maximum atomic E-state index is 14.2. The van der Waals surface area contributed by atoms with Crippen LogP contribution in [0.1, 0.15) is 48.3 Å². The zero-order chi connectivity index (χ0) is 27.4. The molecular formula is C25H24F6N6O. The van der Waals surface area contributed by atoms with E-state index < -0.39 is 29.7 Å². The number of benzene rings is 1. The van der Waals surface area contributed by atoms with Gasteiger partial charge in [0.1, 0.15) is 0 Å². The summed E-state index contributed by atoms with van der Waals surface area (Å²) in [6.45, 7) is 3.87. The highest BCUT2D eigenvalue weighted by atomic mass is 19.4. The van der Waals surface area contributed by atoms with Crippen molar-refractivity contribution in [2.75, 3.05) is 29.9 Å². The summed E-state index contributed by atoms with van der Waals surface area (Å²) in [7, 11) is 0. The molecule has 4 heterocycles. The number of nitrogens with zero attached hydrogens (tertiary/aromatic N) is 5. The monoisotopic (exact) mass is 538 g/mol. The van der Waals surface area contributed by atoms with Gasteiger partial charge in [0.2, 0.25) is 5.91 Å². The Bertz CT molecular complexity index is 1390. The molecule has 1 N–H and O–H groups in total. The van der Waals surface area contributed by atoms with E-state index in [2.05, 4.69) is 20.5 Å². The highest BCUT2D eigenvalue weighted by Gasteiger charge is 2.41. The number of amides is 1. The number of halogens is 6. The van der Waals surface area contributed by atoms with E-state index in [0.29, 0.717) is 24.9 Å². The van der Waals surface area contributed by atoms with Gasteiger partial charge >= 0.3 is 12.4 Å². The van der Waals surface area contributed by atoms with Crippen molar-refractivity contribution >= 4 is 28.3 Å². The van der Waals surface area contributed by atoms with Crippen LogP contribution in [0, 0.1) is 6.92 Å². The molecule has 13 heteroatoms. The van der Waals surface area contributed by atoms with Crippen LogP contribution in [0.2, 0.25) is 0 Å². The second kappa shape index (κ2) is 9.28. The van der Waals surface area contributed by atoms with Crippen LogP contribution in [-0.4, -0.2) is 51.7 Å². The molecule has 2 saturated heterocycles. The Morgan fingerprint density at radius 1 is 1.05 bits per heavy atom. The molecule has 7 nitrogen and oxygen atoms in total. The summed E-state index contributed by atoms with van der Waals surface area (Å²) in [4.78, 5) is 19.3. The SMILES string of the molecule is Cc1nnc(N[C@H](C)c2cccc(C(F)(F)F)c2)c2cc(N3CCN4C(=O)CC[C@@H]4C3)c(C(F)(F)F)nc12. The first-order chi connectivity index (χ1) is 17.8. The maximum absolute atomic E-state index is 14.2. The van der Waals surface area contributed by atoms with E-state index >= 15 is 0 Å².